The average molecular weight is 277 g/mol. The lowest BCUT2D eigenvalue weighted by Crippen LogP contribution is -2.33. The van der Waals surface area contributed by atoms with E-state index in [1.807, 2.05) is 12.1 Å². The Hall–Kier alpha value is -1.75. The van der Waals surface area contributed by atoms with Crippen molar-refractivity contribution in [3.8, 4) is 11.5 Å². The van der Waals surface area contributed by atoms with Crippen LogP contribution >= 0.6 is 0 Å². The van der Waals surface area contributed by atoms with E-state index in [1.54, 1.807) is 6.07 Å². The molecule has 1 fully saturated rings. The highest BCUT2D eigenvalue weighted by atomic mass is 16.6. The van der Waals surface area contributed by atoms with Gasteiger partial charge in [-0.1, -0.05) is 6.07 Å². The molecule has 1 N–H and O–H groups in total. The van der Waals surface area contributed by atoms with Crippen molar-refractivity contribution in [1.29, 1.82) is 0 Å². The Labute approximate surface area is 118 Å². The van der Waals surface area contributed by atoms with E-state index in [-0.39, 0.29) is 5.91 Å². The van der Waals surface area contributed by atoms with Crippen LogP contribution in [0, 0.1) is 5.92 Å². The molecule has 1 aromatic carbocycles. The molecule has 3 rings (SSSR count). The SMILES string of the molecule is O=C(NC[C@H]1CCCOC1)c1cccc2c1OCCO2. The van der Waals surface area contributed by atoms with Gasteiger partial charge < -0.3 is 19.5 Å². The zero-order valence-electron chi connectivity index (χ0n) is 11.4. The molecule has 1 atom stereocenters. The molecular weight excluding hydrogens is 258 g/mol. The van der Waals surface area contributed by atoms with E-state index in [0.717, 1.165) is 26.1 Å². The first-order valence-corrected chi connectivity index (χ1v) is 7.09. The fourth-order valence-corrected chi connectivity index (χ4v) is 2.55. The molecule has 5 nitrogen and oxygen atoms in total. The van der Waals surface area contributed by atoms with E-state index >= 15 is 0 Å². The minimum Gasteiger partial charge on any atom is -0.486 e. The highest BCUT2D eigenvalue weighted by Crippen LogP contribution is 2.33. The smallest absolute Gasteiger partial charge is 0.255 e. The van der Waals surface area contributed by atoms with Crippen molar-refractivity contribution < 1.29 is 19.0 Å². The summed E-state index contributed by atoms with van der Waals surface area (Å²) >= 11 is 0. The Morgan fingerprint density at radius 2 is 2.15 bits per heavy atom. The zero-order chi connectivity index (χ0) is 13.8. The molecule has 0 aromatic heterocycles. The Morgan fingerprint density at radius 1 is 1.25 bits per heavy atom. The van der Waals surface area contributed by atoms with Gasteiger partial charge in [0.15, 0.2) is 11.5 Å². The van der Waals surface area contributed by atoms with Gasteiger partial charge in [0.1, 0.15) is 13.2 Å². The highest BCUT2D eigenvalue weighted by molar-refractivity contribution is 5.97. The summed E-state index contributed by atoms with van der Waals surface area (Å²) in [5.41, 5.74) is 0.541. The molecule has 1 aromatic rings. The molecule has 0 saturated carbocycles. The van der Waals surface area contributed by atoms with Crippen molar-refractivity contribution in [2.45, 2.75) is 12.8 Å². The first-order chi connectivity index (χ1) is 9.84. The van der Waals surface area contributed by atoms with Gasteiger partial charge in [0.25, 0.3) is 5.91 Å². The second-order valence-electron chi connectivity index (χ2n) is 5.12. The van der Waals surface area contributed by atoms with Crippen LogP contribution in [0.1, 0.15) is 23.2 Å². The lowest BCUT2D eigenvalue weighted by atomic mass is 10.0. The molecule has 5 heteroatoms. The fourth-order valence-electron chi connectivity index (χ4n) is 2.55. The first kappa shape index (κ1) is 13.2. The standard InChI is InChI=1S/C15H19NO4/c17-15(16-9-11-3-2-6-18-10-11)12-4-1-5-13-14(12)20-8-7-19-13/h1,4-5,11H,2-3,6-10H2,(H,16,17)/t11-/m1/s1. The number of benzene rings is 1. The first-order valence-electron chi connectivity index (χ1n) is 7.09. The summed E-state index contributed by atoms with van der Waals surface area (Å²) < 4.78 is 16.5. The van der Waals surface area contributed by atoms with E-state index in [2.05, 4.69) is 5.32 Å². The summed E-state index contributed by atoms with van der Waals surface area (Å²) in [6, 6.07) is 5.40. The molecule has 2 heterocycles. The van der Waals surface area contributed by atoms with Crippen molar-refractivity contribution in [3.05, 3.63) is 23.8 Å². The second-order valence-corrected chi connectivity index (χ2v) is 5.12. The van der Waals surface area contributed by atoms with Crippen LogP contribution in [0.5, 0.6) is 11.5 Å². The van der Waals surface area contributed by atoms with E-state index in [4.69, 9.17) is 14.2 Å². The Morgan fingerprint density at radius 3 is 3.00 bits per heavy atom. The number of ether oxygens (including phenoxy) is 3. The van der Waals surface area contributed by atoms with Crippen LogP contribution in [0.3, 0.4) is 0 Å². The van der Waals surface area contributed by atoms with Crippen LogP contribution in [0.2, 0.25) is 0 Å². The van der Waals surface area contributed by atoms with E-state index in [0.29, 0.717) is 42.7 Å². The summed E-state index contributed by atoms with van der Waals surface area (Å²) in [7, 11) is 0. The molecule has 0 unspecified atom stereocenters. The van der Waals surface area contributed by atoms with Crippen LogP contribution in [0.4, 0.5) is 0 Å². The van der Waals surface area contributed by atoms with Crippen molar-refractivity contribution in [3.63, 3.8) is 0 Å². The van der Waals surface area contributed by atoms with Crippen LogP contribution in [-0.2, 0) is 4.74 Å². The lowest BCUT2D eigenvalue weighted by Gasteiger charge is -2.23. The third-order valence-electron chi connectivity index (χ3n) is 3.62. The van der Waals surface area contributed by atoms with E-state index in [9.17, 15) is 4.79 Å². The van der Waals surface area contributed by atoms with Crippen LogP contribution in [0.25, 0.3) is 0 Å². The third-order valence-corrected chi connectivity index (χ3v) is 3.62. The normalized spacial score (nSPS) is 21.3. The van der Waals surface area contributed by atoms with E-state index in [1.165, 1.54) is 0 Å². The van der Waals surface area contributed by atoms with Gasteiger partial charge in [0.05, 0.1) is 12.2 Å². The average Bonchev–Trinajstić information content (AvgIpc) is 2.53. The van der Waals surface area contributed by atoms with Gasteiger partial charge in [-0.25, -0.2) is 0 Å². The quantitative estimate of drug-likeness (QED) is 0.912. The molecule has 0 aliphatic carbocycles. The molecule has 108 valence electrons. The number of para-hydroxylation sites is 1. The maximum Gasteiger partial charge on any atom is 0.255 e. The number of amides is 1. The van der Waals surface area contributed by atoms with Gasteiger partial charge in [-0.2, -0.15) is 0 Å². The van der Waals surface area contributed by atoms with Crippen molar-refractivity contribution in [2.24, 2.45) is 5.92 Å². The molecule has 0 spiro atoms. The second kappa shape index (κ2) is 6.13. The Bertz CT molecular complexity index is 483. The fraction of sp³-hybridized carbons (Fsp3) is 0.533. The summed E-state index contributed by atoms with van der Waals surface area (Å²) in [6.45, 7) is 3.21. The highest BCUT2D eigenvalue weighted by Gasteiger charge is 2.21. The minimum absolute atomic E-state index is 0.113. The lowest BCUT2D eigenvalue weighted by molar-refractivity contribution is 0.0535. The topological polar surface area (TPSA) is 56.8 Å². The van der Waals surface area contributed by atoms with Gasteiger partial charge in [-0.15, -0.1) is 0 Å². The molecule has 20 heavy (non-hydrogen) atoms. The van der Waals surface area contributed by atoms with Gasteiger partial charge >= 0.3 is 0 Å². The molecular formula is C15H19NO4. The summed E-state index contributed by atoms with van der Waals surface area (Å²) in [6.07, 6.45) is 2.17. The van der Waals surface area contributed by atoms with Crippen molar-refractivity contribution >= 4 is 5.91 Å². The maximum absolute atomic E-state index is 12.3. The predicted octanol–water partition coefficient (Wildman–Crippen LogP) is 1.61. The molecule has 1 amide bonds. The molecule has 0 bridgehead atoms. The third kappa shape index (κ3) is 2.88. The van der Waals surface area contributed by atoms with Gasteiger partial charge in [-0.05, 0) is 30.9 Å². The Balaban J connectivity index is 1.64. The number of carbonyl (C=O) groups excluding carboxylic acids is 1. The minimum atomic E-state index is -0.113. The zero-order valence-corrected chi connectivity index (χ0v) is 11.4. The largest absolute Gasteiger partial charge is 0.486 e. The van der Waals surface area contributed by atoms with Crippen LogP contribution in [0.15, 0.2) is 18.2 Å². The molecule has 2 aliphatic rings. The number of hydrogen-bond donors (Lipinski definition) is 1. The summed E-state index contributed by atoms with van der Waals surface area (Å²) in [5.74, 6) is 1.49. The number of hydrogen-bond acceptors (Lipinski definition) is 4. The number of carbonyl (C=O) groups is 1. The van der Waals surface area contributed by atoms with Crippen LogP contribution in [-0.4, -0.2) is 38.9 Å². The number of nitrogens with one attached hydrogen (secondary N) is 1. The van der Waals surface area contributed by atoms with Gasteiger partial charge in [0.2, 0.25) is 0 Å². The monoisotopic (exact) mass is 277 g/mol. The molecule has 0 radical (unpaired) electrons. The maximum atomic E-state index is 12.3. The van der Waals surface area contributed by atoms with E-state index < -0.39 is 0 Å². The van der Waals surface area contributed by atoms with Crippen molar-refractivity contribution in [2.75, 3.05) is 33.0 Å². The number of fused-ring (bicyclic) bond motifs is 1. The molecule has 1 saturated heterocycles. The van der Waals surface area contributed by atoms with Gasteiger partial charge in [-0.3, -0.25) is 4.79 Å². The summed E-state index contributed by atoms with van der Waals surface area (Å²) in [4.78, 5) is 12.3. The Kier molecular flexibility index (Phi) is 4.06. The summed E-state index contributed by atoms with van der Waals surface area (Å²) in [5, 5.41) is 2.96. The predicted molar refractivity (Wildman–Crippen MR) is 73.3 cm³/mol. The molecule has 2 aliphatic heterocycles. The van der Waals surface area contributed by atoms with Crippen LogP contribution < -0.4 is 14.8 Å². The number of rotatable bonds is 3. The van der Waals surface area contributed by atoms with Gasteiger partial charge in [0, 0.05) is 13.2 Å². The van der Waals surface area contributed by atoms with Crippen molar-refractivity contribution in [1.82, 2.24) is 5.32 Å².